The summed E-state index contributed by atoms with van der Waals surface area (Å²) >= 11 is 5.89. The number of nitrogens with one attached hydrogen (secondary N) is 2. The Balaban J connectivity index is 2.01. The van der Waals surface area contributed by atoms with Crippen molar-refractivity contribution in [2.24, 2.45) is 0 Å². The summed E-state index contributed by atoms with van der Waals surface area (Å²) in [6, 6.07) is 2.41. The lowest BCUT2D eigenvalue weighted by Gasteiger charge is -2.18. The van der Waals surface area contributed by atoms with Gasteiger partial charge in [0.2, 0.25) is 5.91 Å². The Hall–Kier alpha value is -1.27. The van der Waals surface area contributed by atoms with Crippen molar-refractivity contribution in [3.63, 3.8) is 0 Å². The molecule has 2 rings (SSSR count). The topological polar surface area (TPSA) is 41.1 Å². The van der Waals surface area contributed by atoms with Crippen LogP contribution in [0.3, 0.4) is 0 Å². The van der Waals surface area contributed by atoms with Gasteiger partial charge in [-0.1, -0.05) is 17.7 Å². The number of carbonyl (C=O) groups excluding carboxylic acids is 1. The van der Waals surface area contributed by atoms with Crippen LogP contribution in [0.4, 0.5) is 13.2 Å². The van der Waals surface area contributed by atoms with Crippen LogP contribution in [-0.4, -0.2) is 24.4 Å². The van der Waals surface area contributed by atoms with Crippen molar-refractivity contribution in [3.8, 4) is 0 Å². The molecule has 2 N–H and O–H groups in total. The highest BCUT2D eigenvalue weighted by atomic mass is 35.5. The average Bonchev–Trinajstić information content (AvgIpc) is 2.69. The van der Waals surface area contributed by atoms with Gasteiger partial charge in [-0.25, -0.2) is 13.2 Å². The molecule has 7 heteroatoms. The van der Waals surface area contributed by atoms with Gasteiger partial charge in [0.1, 0.15) is 5.82 Å². The zero-order chi connectivity index (χ0) is 14.9. The van der Waals surface area contributed by atoms with Crippen LogP contribution in [0.2, 0.25) is 5.02 Å². The van der Waals surface area contributed by atoms with E-state index in [1.807, 2.05) is 0 Å². The first-order valence-corrected chi connectivity index (χ1v) is 6.53. The van der Waals surface area contributed by atoms with Gasteiger partial charge in [-0.3, -0.25) is 10.1 Å². The molecule has 0 saturated carbocycles. The molecule has 0 spiro atoms. The lowest BCUT2D eigenvalue weighted by atomic mass is 10.1. The Labute approximate surface area is 119 Å². The van der Waals surface area contributed by atoms with Crippen LogP contribution in [-0.2, 0) is 4.79 Å². The molecule has 1 aliphatic heterocycles. The predicted molar refractivity (Wildman–Crippen MR) is 69.3 cm³/mol. The van der Waals surface area contributed by atoms with Gasteiger partial charge in [0.15, 0.2) is 0 Å². The maximum Gasteiger partial charge on any atom is 0.262 e. The molecule has 3 nitrogen and oxygen atoms in total. The van der Waals surface area contributed by atoms with Crippen LogP contribution in [0.25, 0.3) is 0 Å². The minimum Gasteiger partial charge on any atom is -0.348 e. The highest BCUT2D eigenvalue weighted by molar-refractivity contribution is 6.31. The fraction of sp³-hybridized carbons (Fsp3) is 0.462. The van der Waals surface area contributed by atoms with Crippen LogP contribution in [0, 0.1) is 5.82 Å². The molecule has 0 bridgehead atoms. The van der Waals surface area contributed by atoms with E-state index in [1.165, 1.54) is 12.1 Å². The maximum atomic E-state index is 13.0. The third-order valence-electron chi connectivity index (χ3n) is 3.21. The fourth-order valence-electron chi connectivity index (χ4n) is 2.15. The van der Waals surface area contributed by atoms with Gasteiger partial charge in [-0.2, -0.15) is 0 Å². The molecule has 1 aliphatic rings. The lowest BCUT2D eigenvalue weighted by Crippen LogP contribution is -2.41. The van der Waals surface area contributed by atoms with Gasteiger partial charge in [-0.05, 0) is 24.6 Å². The molecule has 0 aliphatic carbocycles. The summed E-state index contributed by atoms with van der Waals surface area (Å²) in [5, 5.41) is 5.25. The van der Waals surface area contributed by atoms with Crippen LogP contribution in [0.5, 0.6) is 0 Å². The SMILES string of the molecule is CC(NC(=O)C1CC(F)(F)CN1)c1ccc(F)cc1Cl. The zero-order valence-corrected chi connectivity index (χ0v) is 11.5. The summed E-state index contributed by atoms with van der Waals surface area (Å²) in [6.45, 7) is 1.15. The molecule has 20 heavy (non-hydrogen) atoms. The van der Waals surface area contributed by atoms with Crippen molar-refractivity contribution < 1.29 is 18.0 Å². The Morgan fingerprint density at radius 2 is 2.25 bits per heavy atom. The van der Waals surface area contributed by atoms with Gasteiger partial charge in [0.25, 0.3) is 5.92 Å². The van der Waals surface area contributed by atoms with Gasteiger partial charge in [0.05, 0.1) is 18.6 Å². The van der Waals surface area contributed by atoms with Crippen LogP contribution in [0.1, 0.15) is 24.9 Å². The first kappa shape index (κ1) is 15.1. The first-order valence-electron chi connectivity index (χ1n) is 6.15. The van der Waals surface area contributed by atoms with E-state index in [1.54, 1.807) is 6.92 Å². The van der Waals surface area contributed by atoms with Crippen LogP contribution < -0.4 is 10.6 Å². The molecule has 2 atom stereocenters. The van der Waals surface area contributed by atoms with E-state index in [2.05, 4.69) is 10.6 Å². The van der Waals surface area contributed by atoms with Crippen molar-refractivity contribution in [3.05, 3.63) is 34.6 Å². The van der Waals surface area contributed by atoms with E-state index in [0.717, 1.165) is 6.07 Å². The number of amides is 1. The molecule has 1 heterocycles. The Morgan fingerprint density at radius 1 is 1.55 bits per heavy atom. The van der Waals surface area contributed by atoms with E-state index >= 15 is 0 Å². The second-order valence-electron chi connectivity index (χ2n) is 4.89. The largest absolute Gasteiger partial charge is 0.348 e. The molecule has 1 aromatic rings. The fourth-order valence-corrected chi connectivity index (χ4v) is 2.48. The predicted octanol–water partition coefficient (Wildman–Crippen LogP) is 2.65. The third-order valence-corrected chi connectivity index (χ3v) is 3.54. The van der Waals surface area contributed by atoms with Crippen LogP contribution in [0.15, 0.2) is 18.2 Å². The normalized spacial score (nSPS) is 22.6. The Kier molecular flexibility index (Phi) is 4.25. The molecule has 1 saturated heterocycles. The minimum atomic E-state index is -2.86. The molecule has 2 unspecified atom stereocenters. The molecule has 1 amide bonds. The zero-order valence-electron chi connectivity index (χ0n) is 10.7. The molecule has 1 fully saturated rings. The average molecular weight is 307 g/mol. The van der Waals surface area contributed by atoms with E-state index in [-0.39, 0.29) is 5.02 Å². The highest BCUT2D eigenvalue weighted by Crippen LogP contribution is 2.27. The van der Waals surface area contributed by atoms with E-state index < -0.39 is 42.7 Å². The van der Waals surface area contributed by atoms with Gasteiger partial charge in [-0.15, -0.1) is 0 Å². The van der Waals surface area contributed by atoms with Crippen molar-refractivity contribution in [2.45, 2.75) is 31.4 Å². The summed E-state index contributed by atoms with van der Waals surface area (Å²) in [5.41, 5.74) is 0.533. The number of hydrogen-bond acceptors (Lipinski definition) is 2. The second kappa shape index (κ2) is 5.61. The van der Waals surface area contributed by atoms with E-state index in [0.29, 0.717) is 5.56 Å². The second-order valence-corrected chi connectivity index (χ2v) is 5.30. The maximum absolute atomic E-state index is 13.0. The number of halogens is 4. The quantitative estimate of drug-likeness (QED) is 0.901. The van der Waals surface area contributed by atoms with Gasteiger partial charge >= 0.3 is 0 Å². The lowest BCUT2D eigenvalue weighted by molar-refractivity contribution is -0.124. The molecular formula is C13H14ClF3N2O. The van der Waals surface area contributed by atoms with Crippen molar-refractivity contribution >= 4 is 17.5 Å². The number of rotatable bonds is 3. The molecule has 110 valence electrons. The van der Waals surface area contributed by atoms with Gasteiger partial charge in [0, 0.05) is 11.4 Å². The van der Waals surface area contributed by atoms with Crippen molar-refractivity contribution in [1.29, 1.82) is 0 Å². The number of hydrogen-bond donors (Lipinski definition) is 2. The first-order chi connectivity index (χ1) is 9.28. The third kappa shape index (κ3) is 3.43. The van der Waals surface area contributed by atoms with Crippen molar-refractivity contribution in [2.75, 3.05) is 6.54 Å². The molecule has 0 aromatic heterocycles. The van der Waals surface area contributed by atoms with E-state index in [4.69, 9.17) is 11.6 Å². The standard InChI is InChI=1S/C13H14ClF3N2O/c1-7(9-3-2-8(15)4-10(9)14)19-12(20)11-5-13(16,17)6-18-11/h2-4,7,11,18H,5-6H2,1H3,(H,19,20). The Bertz CT molecular complexity index is 524. The number of benzene rings is 1. The molecular weight excluding hydrogens is 293 g/mol. The summed E-state index contributed by atoms with van der Waals surface area (Å²) in [4.78, 5) is 11.9. The number of carbonyl (C=O) groups is 1. The molecule has 0 radical (unpaired) electrons. The molecule has 1 aromatic carbocycles. The van der Waals surface area contributed by atoms with Crippen LogP contribution >= 0.6 is 11.6 Å². The number of alkyl halides is 2. The minimum absolute atomic E-state index is 0.183. The summed E-state index contributed by atoms with van der Waals surface area (Å²) in [5.74, 6) is -3.86. The highest BCUT2D eigenvalue weighted by Gasteiger charge is 2.42. The smallest absolute Gasteiger partial charge is 0.262 e. The summed E-state index contributed by atoms with van der Waals surface area (Å²) in [6.07, 6.45) is -0.525. The monoisotopic (exact) mass is 306 g/mol. The summed E-state index contributed by atoms with van der Waals surface area (Å²) < 4.78 is 39.0. The Morgan fingerprint density at radius 3 is 2.80 bits per heavy atom. The van der Waals surface area contributed by atoms with Gasteiger partial charge < -0.3 is 5.32 Å². The van der Waals surface area contributed by atoms with Crippen molar-refractivity contribution in [1.82, 2.24) is 10.6 Å². The summed E-state index contributed by atoms with van der Waals surface area (Å²) in [7, 11) is 0. The van der Waals surface area contributed by atoms with E-state index in [9.17, 15) is 18.0 Å².